The molecule has 2 amide bonds. The summed E-state index contributed by atoms with van der Waals surface area (Å²) in [5.41, 5.74) is -0.509. The van der Waals surface area contributed by atoms with Gasteiger partial charge in [0, 0.05) is 29.3 Å². The number of benzene rings is 1. The molecule has 3 N–H and O–H groups in total. The zero-order chi connectivity index (χ0) is 20.4. The van der Waals surface area contributed by atoms with E-state index in [9.17, 15) is 19.7 Å². The second-order valence-electron chi connectivity index (χ2n) is 8.07. The summed E-state index contributed by atoms with van der Waals surface area (Å²) in [6.07, 6.45) is 1.35. The van der Waals surface area contributed by atoms with E-state index in [0.29, 0.717) is 12.8 Å². The van der Waals surface area contributed by atoms with E-state index < -0.39 is 16.7 Å². The lowest BCUT2D eigenvalue weighted by atomic mass is 9.79. The van der Waals surface area contributed by atoms with Gasteiger partial charge in [0.05, 0.1) is 17.7 Å². The van der Waals surface area contributed by atoms with Gasteiger partial charge in [0.25, 0.3) is 5.69 Å². The van der Waals surface area contributed by atoms with E-state index in [4.69, 9.17) is 4.74 Å². The summed E-state index contributed by atoms with van der Waals surface area (Å²) in [4.78, 5) is 35.0. The van der Waals surface area contributed by atoms with Crippen LogP contribution in [0.3, 0.4) is 0 Å². The Bertz CT molecular complexity index is 744. The molecule has 1 heterocycles. The third kappa shape index (κ3) is 5.40. The van der Waals surface area contributed by atoms with Crippen molar-refractivity contribution in [1.82, 2.24) is 10.6 Å². The van der Waals surface area contributed by atoms with E-state index in [2.05, 4.69) is 16.0 Å². The predicted octanol–water partition coefficient (Wildman–Crippen LogP) is 1.97. The van der Waals surface area contributed by atoms with Crippen molar-refractivity contribution in [3.8, 4) is 5.75 Å². The number of anilines is 1. The molecule has 148 valence electrons. The number of hydrogen-bond acceptors (Lipinski definition) is 6. The smallest absolute Gasteiger partial charge is 0.313 e. The molecule has 1 fully saturated rings. The SMILES string of the molecule is COc1ccc([N+](=O)[O-])cc1NC(=O)C(=O)NC1CC(C)(C)NC(C)(C)C1. The Morgan fingerprint density at radius 3 is 2.30 bits per heavy atom. The number of rotatable bonds is 4. The van der Waals surface area contributed by atoms with Gasteiger partial charge < -0.3 is 20.7 Å². The first kappa shape index (κ1) is 20.6. The zero-order valence-electron chi connectivity index (χ0n) is 16.2. The van der Waals surface area contributed by atoms with Gasteiger partial charge in [-0.05, 0) is 46.6 Å². The van der Waals surface area contributed by atoms with Crippen molar-refractivity contribution < 1.29 is 19.2 Å². The minimum Gasteiger partial charge on any atom is -0.495 e. The first-order valence-corrected chi connectivity index (χ1v) is 8.66. The van der Waals surface area contributed by atoms with Gasteiger partial charge in [0.2, 0.25) is 0 Å². The van der Waals surface area contributed by atoms with Gasteiger partial charge in [-0.25, -0.2) is 0 Å². The van der Waals surface area contributed by atoms with Crippen LogP contribution in [0.4, 0.5) is 11.4 Å². The molecule has 9 nitrogen and oxygen atoms in total. The molecular weight excluding hydrogens is 352 g/mol. The molecule has 0 aliphatic carbocycles. The maximum atomic E-state index is 12.3. The highest BCUT2D eigenvalue weighted by molar-refractivity contribution is 6.39. The van der Waals surface area contributed by atoms with Crippen LogP contribution in [0.1, 0.15) is 40.5 Å². The molecule has 0 spiro atoms. The van der Waals surface area contributed by atoms with Crippen molar-refractivity contribution in [2.45, 2.75) is 57.7 Å². The average molecular weight is 378 g/mol. The fourth-order valence-corrected chi connectivity index (χ4v) is 3.76. The van der Waals surface area contributed by atoms with E-state index in [1.807, 2.05) is 27.7 Å². The number of carbonyl (C=O) groups is 2. The summed E-state index contributed by atoms with van der Waals surface area (Å²) in [5.74, 6) is -1.46. The first-order chi connectivity index (χ1) is 12.4. The van der Waals surface area contributed by atoms with Crippen LogP contribution in [-0.4, -0.2) is 41.0 Å². The van der Waals surface area contributed by atoms with Crippen LogP contribution in [0.25, 0.3) is 0 Å². The van der Waals surface area contributed by atoms with E-state index in [0.717, 1.165) is 6.07 Å². The molecular formula is C18H26N4O5. The molecule has 27 heavy (non-hydrogen) atoms. The van der Waals surface area contributed by atoms with Gasteiger partial charge in [-0.2, -0.15) is 0 Å². The van der Waals surface area contributed by atoms with Crippen molar-refractivity contribution in [1.29, 1.82) is 0 Å². The minimum atomic E-state index is -0.900. The maximum Gasteiger partial charge on any atom is 0.313 e. The van der Waals surface area contributed by atoms with Crippen molar-refractivity contribution in [2.75, 3.05) is 12.4 Å². The lowest BCUT2D eigenvalue weighted by molar-refractivity contribution is -0.384. The third-order valence-electron chi connectivity index (χ3n) is 4.37. The normalized spacial score (nSPS) is 18.4. The first-order valence-electron chi connectivity index (χ1n) is 8.66. The standard InChI is InChI=1S/C18H26N4O5/c1-17(2)9-11(10-18(3,4)21-17)19-15(23)16(24)20-13-8-12(22(25)26)6-7-14(13)27-5/h6-8,11,21H,9-10H2,1-5H3,(H,19,23)(H,20,24). The van der Waals surface area contributed by atoms with E-state index in [1.165, 1.54) is 19.2 Å². The number of nitro groups is 1. The molecule has 0 bridgehead atoms. The van der Waals surface area contributed by atoms with Crippen molar-refractivity contribution in [3.63, 3.8) is 0 Å². The highest BCUT2D eigenvalue weighted by Crippen LogP contribution is 2.30. The lowest BCUT2D eigenvalue weighted by Crippen LogP contribution is -2.62. The van der Waals surface area contributed by atoms with Crippen molar-refractivity contribution in [2.24, 2.45) is 0 Å². The second kappa shape index (κ2) is 7.51. The van der Waals surface area contributed by atoms with Gasteiger partial charge in [0.15, 0.2) is 0 Å². The third-order valence-corrected chi connectivity index (χ3v) is 4.37. The van der Waals surface area contributed by atoms with Gasteiger partial charge in [0.1, 0.15) is 5.75 Å². The number of ether oxygens (including phenoxy) is 1. The highest BCUT2D eigenvalue weighted by atomic mass is 16.6. The van der Waals surface area contributed by atoms with Crippen LogP contribution in [0, 0.1) is 10.1 Å². The average Bonchev–Trinajstić information content (AvgIpc) is 2.51. The number of non-ortho nitro benzene ring substituents is 1. The van der Waals surface area contributed by atoms with Crippen molar-refractivity contribution >= 4 is 23.2 Å². The number of nitrogens with one attached hydrogen (secondary N) is 3. The quantitative estimate of drug-likeness (QED) is 0.418. The number of hydrogen-bond donors (Lipinski definition) is 3. The molecule has 0 unspecified atom stereocenters. The van der Waals surface area contributed by atoms with Crippen molar-refractivity contribution in [3.05, 3.63) is 28.3 Å². The Morgan fingerprint density at radius 2 is 1.78 bits per heavy atom. The molecule has 0 radical (unpaired) electrons. The Balaban J connectivity index is 2.09. The largest absolute Gasteiger partial charge is 0.495 e. The minimum absolute atomic E-state index is 0.0674. The zero-order valence-corrected chi connectivity index (χ0v) is 16.2. The topological polar surface area (TPSA) is 123 Å². The number of nitrogens with zero attached hydrogens (tertiary/aromatic N) is 1. The monoisotopic (exact) mass is 378 g/mol. The summed E-state index contributed by atoms with van der Waals surface area (Å²) in [6, 6.07) is 3.61. The van der Waals surface area contributed by atoms with Crippen LogP contribution < -0.4 is 20.7 Å². The molecule has 0 aromatic heterocycles. The van der Waals surface area contributed by atoms with Crippen LogP contribution in [0.5, 0.6) is 5.75 Å². The molecule has 0 atom stereocenters. The summed E-state index contributed by atoms with van der Waals surface area (Å²) in [6.45, 7) is 8.17. The number of amides is 2. The summed E-state index contributed by atoms with van der Waals surface area (Å²) in [7, 11) is 1.37. The molecule has 1 aromatic rings. The fourth-order valence-electron chi connectivity index (χ4n) is 3.76. The Hall–Kier alpha value is -2.68. The maximum absolute atomic E-state index is 12.3. The number of piperidine rings is 1. The predicted molar refractivity (Wildman–Crippen MR) is 101 cm³/mol. The lowest BCUT2D eigenvalue weighted by Gasteiger charge is -2.46. The summed E-state index contributed by atoms with van der Waals surface area (Å²) >= 11 is 0. The van der Waals surface area contributed by atoms with Crippen LogP contribution in [0.2, 0.25) is 0 Å². The Morgan fingerprint density at radius 1 is 1.19 bits per heavy atom. The Labute approximate surface area is 158 Å². The van der Waals surface area contributed by atoms with Crippen LogP contribution in [0.15, 0.2) is 18.2 Å². The molecule has 1 aliphatic rings. The van der Waals surface area contributed by atoms with Gasteiger partial charge in [-0.15, -0.1) is 0 Å². The molecule has 0 saturated carbocycles. The Kier molecular flexibility index (Phi) is 5.74. The summed E-state index contributed by atoms with van der Waals surface area (Å²) in [5, 5.41) is 19.6. The fraction of sp³-hybridized carbons (Fsp3) is 0.556. The van der Waals surface area contributed by atoms with Crippen LogP contribution >= 0.6 is 0 Å². The molecule has 2 rings (SSSR count). The molecule has 1 saturated heterocycles. The van der Waals surface area contributed by atoms with E-state index in [-0.39, 0.29) is 34.2 Å². The molecule has 1 aromatic carbocycles. The molecule has 1 aliphatic heterocycles. The number of nitro benzene ring substituents is 1. The van der Waals surface area contributed by atoms with Crippen LogP contribution in [-0.2, 0) is 9.59 Å². The second-order valence-corrected chi connectivity index (χ2v) is 8.07. The molecule has 9 heteroatoms. The van der Waals surface area contributed by atoms with Gasteiger partial charge >= 0.3 is 11.8 Å². The number of carbonyl (C=O) groups excluding carboxylic acids is 2. The highest BCUT2D eigenvalue weighted by Gasteiger charge is 2.38. The summed E-state index contributed by atoms with van der Waals surface area (Å²) < 4.78 is 5.09. The van der Waals surface area contributed by atoms with Gasteiger partial charge in [-0.1, -0.05) is 0 Å². The van der Waals surface area contributed by atoms with Gasteiger partial charge in [-0.3, -0.25) is 19.7 Å². The van der Waals surface area contributed by atoms with E-state index >= 15 is 0 Å². The van der Waals surface area contributed by atoms with E-state index in [1.54, 1.807) is 0 Å². The number of methoxy groups -OCH3 is 1.